The zero-order valence-electron chi connectivity index (χ0n) is 15.6. The highest BCUT2D eigenvalue weighted by Crippen LogP contribution is 2.43. The Hall–Kier alpha value is -3.18. The van der Waals surface area contributed by atoms with Crippen molar-refractivity contribution in [2.45, 2.75) is 25.9 Å². The number of carboxylic acids is 1. The van der Waals surface area contributed by atoms with E-state index in [9.17, 15) is 9.90 Å². The van der Waals surface area contributed by atoms with Crippen molar-refractivity contribution in [1.82, 2.24) is 10.2 Å². The Morgan fingerprint density at radius 1 is 1.07 bits per heavy atom. The smallest absolute Gasteiger partial charge is 0.127 e. The van der Waals surface area contributed by atoms with Gasteiger partial charge in [0.25, 0.3) is 0 Å². The predicted octanol–water partition coefficient (Wildman–Crippen LogP) is 4.17. The first-order valence-electron chi connectivity index (χ1n) is 9.35. The van der Waals surface area contributed by atoms with Gasteiger partial charge in [-0.3, -0.25) is 0 Å². The van der Waals surface area contributed by atoms with Crippen LogP contribution in [-0.2, 0) is 6.61 Å². The summed E-state index contributed by atoms with van der Waals surface area (Å²) in [5, 5.41) is 19.2. The molecule has 1 aromatic heterocycles. The van der Waals surface area contributed by atoms with Crippen LogP contribution in [0.5, 0.6) is 5.75 Å². The lowest BCUT2D eigenvalue weighted by Crippen LogP contribution is -2.24. The molecule has 2 aromatic carbocycles. The molecule has 4 rings (SSSR count). The number of hydrogen-bond donors (Lipinski definition) is 0. The Bertz CT molecular complexity index is 1080. The minimum atomic E-state index is -1.34. The number of carboxylic acid groups (broad SMARTS) is 1. The molecule has 0 saturated carbocycles. The van der Waals surface area contributed by atoms with E-state index < -0.39 is 5.97 Å². The lowest BCUT2D eigenvalue weighted by molar-refractivity contribution is -0.255. The van der Waals surface area contributed by atoms with Gasteiger partial charge in [-0.25, -0.2) is 0 Å². The van der Waals surface area contributed by atoms with E-state index in [0.29, 0.717) is 11.6 Å². The van der Waals surface area contributed by atoms with Gasteiger partial charge in [-0.15, -0.1) is 5.10 Å². The van der Waals surface area contributed by atoms with Crippen molar-refractivity contribution in [3.8, 4) is 5.75 Å². The van der Waals surface area contributed by atoms with Crippen molar-refractivity contribution in [2.24, 2.45) is 0 Å². The van der Waals surface area contributed by atoms with Crippen LogP contribution in [0.1, 0.15) is 46.4 Å². The number of carbonyl (C=O) groups excluding carboxylic acids is 1. The molecule has 5 nitrogen and oxygen atoms in total. The summed E-state index contributed by atoms with van der Waals surface area (Å²) >= 11 is 6.29. The molecule has 1 heterocycles. The quantitative estimate of drug-likeness (QED) is 0.615. The van der Waals surface area contributed by atoms with Crippen LogP contribution in [0.15, 0.2) is 60.8 Å². The summed E-state index contributed by atoms with van der Waals surface area (Å²) in [5.41, 5.74) is 4.69. The predicted molar refractivity (Wildman–Crippen MR) is 109 cm³/mol. The van der Waals surface area contributed by atoms with Crippen LogP contribution < -0.4 is 9.84 Å². The first-order chi connectivity index (χ1) is 14.1. The number of halogens is 1. The number of nitrogens with zero attached hydrogens (tertiary/aromatic N) is 2. The van der Waals surface area contributed by atoms with E-state index in [1.165, 1.54) is 6.07 Å². The number of benzene rings is 2. The van der Waals surface area contributed by atoms with Crippen LogP contribution in [0.4, 0.5) is 0 Å². The maximum absolute atomic E-state index is 11.2. The highest BCUT2D eigenvalue weighted by atomic mass is 35.5. The fraction of sp³-hybridized carbons (Fsp3) is 0.174. The van der Waals surface area contributed by atoms with Gasteiger partial charge in [0, 0.05) is 16.1 Å². The fourth-order valence-corrected chi connectivity index (χ4v) is 3.76. The third-order valence-electron chi connectivity index (χ3n) is 4.93. The number of carbonyl (C=O) groups is 1. The number of hydrogen-bond acceptors (Lipinski definition) is 5. The molecular formula is C23H18ClN2O3-. The molecule has 1 aliphatic rings. The highest BCUT2D eigenvalue weighted by Gasteiger charge is 2.21. The van der Waals surface area contributed by atoms with Gasteiger partial charge in [-0.2, -0.15) is 5.10 Å². The molecule has 0 spiro atoms. The van der Waals surface area contributed by atoms with Crippen LogP contribution in [0.2, 0.25) is 5.02 Å². The van der Waals surface area contributed by atoms with Crippen LogP contribution in [0, 0.1) is 0 Å². The Balaban J connectivity index is 1.72. The summed E-state index contributed by atoms with van der Waals surface area (Å²) in [6, 6.07) is 17.0. The van der Waals surface area contributed by atoms with Gasteiger partial charge in [0.05, 0.1) is 12.2 Å². The van der Waals surface area contributed by atoms with Crippen molar-refractivity contribution in [2.75, 3.05) is 0 Å². The normalized spacial score (nSPS) is 13.6. The molecule has 146 valence electrons. The van der Waals surface area contributed by atoms with E-state index in [1.807, 2.05) is 48.5 Å². The van der Waals surface area contributed by atoms with Crippen LogP contribution >= 0.6 is 11.6 Å². The van der Waals surface area contributed by atoms with E-state index in [4.69, 9.17) is 16.3 Å². The molecule has 1 aliphatic carbocycles. The number of aromatic carboxylic acids is 1. The van der Waals surface area contributed by atoms with Crippen molar-refractivity contribution in [1.29, 1.82) is 0 Å². The summed E-state index contributed by atoms with van der Waals surface area (Å²) < 4.78 is 6.11. The topological polar surface area (TPSA) is 75.1 Å². The zero-order valence-corrected chi connectivity index (χ0v) is 16.4. The van der Waals surface area contributed by atoms with Crippen molar-refractivity contribution in [3.63, 3.8) is 0 Å². The van der Waals surface area contributed by atoms with Gasteiger partial charge in [-0.05, 0) is 60.2 Å². The average Bonchev–Trinajstić information content (AvgIpc) is 3.23. The van der Waals surface area contributed by atoms with Crippen LogP contribution in [0.3, 0.4) is 0 Å². The van der Waals surface area contributed by atoms with Crippen LogP contribution in [-0.4, -0.2) is 16.2 Å². The molecule has 0 atom stereocenters. The molecule has 0 aliphatic heterocycles. The third-order valence-corrected chi connectivity index (χ3v) is 5.17. The van der Waals surface area contributed by atoms with E-state index >= 15 is 0 Å². The summed E-state index contributed by atoms with van der Waals surface area (Å²) in [4.78, 5) is 11.2. The summed E-state index contributed by atoms with van der Waals surface area (Å²) in [6.07, 6.45) is 4.21. The van der Waals surface area contributed by atoms with E-state index in [1.54, 1.807) is 6.20 Å². The minimum Gasteiger partial charge on any atom is -0.543 e. The van der Waals surface area contributed by atoms with Crippen LogP contribution in [0.25, 0.3) is 11.1 Å². The number of rotatable bonds is 6. The zero-order chi connectivity index (χ0) is 20.2. The molecule has 0 fully saturated rings. The molecule has 3 aromatic rings. The molecule has 29 heavy (non-hydrogen) atoms. The standard InChI is InChI=1S/C23H19ClN2O3/c24-17-9-10-22(29-14-15-5-2-1-3-6-15)20(12-17)19-8-4-7-18(19)16-11-21(23(27)28)26-25-13-16/h1-3,5-6,9-13H,4,7-8,14H2,(H,27,28)/p-1. The molecule has 0 amide bonds. The third kappa shape index (κ3) is 4.30. The largest absolute Gasteiger partial charge is 0.543 e. The van der Waals surface area contributed by atoms with Gasteiger partial charge in [-0.1, -0.05) is 41.9 Å². The minimum absolute atomic E-state index is 0.173. The number of ether oxygens (including phenoxy) is 1. The molecule has 6 heteroatoms. The Kier molecular flexibility index (Phi) is 5.58. The van der Waals surface area contributed by atoms with Crippen molar-refractivity contribution >= 4 is 28.7 Å². The molecular weight excluding hydrogens is 388 g/mol. The summed E-state index contributed by atoms with van der Waals surface area (Å²) in [7, 11) is 0. The monoisotopic (exact) mass is 405 g/mol. The van der Waals surface area contributed by atoms with E-state index in [2.05, 4.69) is 10.2 Å². The lowest BCUT2D eigenvalue weighted by Gasteiger charge is -2.15. The van der Waals surface area contributed by atoms with Gasteiger partial charge in [0.15, 0.2) is 0 Å². The van der Waals surface area contributed by atoms with Gasteiger partial charge >= 0.3 is 0 Å². The lowest BCUT2D eigenvalue weighted by atomic mass is 9.97. The second-order valence-electron chi connectivity index (χ2n) is 6.84. The van der Waals surface area contributed by atoms with E-state index in [-0.39, 0.29) is 5.69 Å². The molecule has 0 bridgehead atoms. The molecule has 0 radical (unpaired) electrons. The number of aromatic nitrogens is 2. The molecule has 0 saturated heterocycles. The second-order valence-corrected chi connectivity index (χ2v) is 7.28. The maximum atomic E-state index is 11.2. The average molecular weight is 406 g/mol. The second kappa shape index (κ2) is 8.45. The van der Waals surface area contributed by atoms with E-state index in [0.717, 1.165) is 52.8 Å². The van der Waals surface area contributed by atoms with Gasteiger partial charge in [0.2, 0.25) is 0 Å². The molecule has 0 N–H and O–H groups in total. The Morgan fingerprint density at radius 2 is 1.86 bits per heavy atom. The maximum Gasteiger partial charge on any atom is 0.127 e. The van der Waals surface area contributed by atoms with Crippen molar-refractivity contribution in [3.05, 3.63) is 88.2 Å². The Labute approximate surface area is 173 Å². The summed E-state index contributed by atoms with van der Waals surface area (Å²) in [6.45, 7) is 0.448. The Morgan fingerprint density at radius 3 is 2.66 bits per heavy atom. The number of allylic oxidation sites excluding steroid dienone is 2. The van der Waals surface area contributed by atoms with Gasteiger partial charge < -0.3 is 14.6 Å². The van der Waals surface area contributed by atoms with Crippen molar-refractivity contribution < 1.29 is 14.6 Å². The first kappa shape index (κ1) is 19.2. The highest BCUT2D eigenvalue weighted by molar-refractivity contribution is 6.30. The SMILES string of the molecule is O=C([O-])c1cc(C2=C(c3cc(Cl)ccc3OCc3ccccc3)CCC2)cnn1. The summed E-state index contributed by atoms with van der Waals surface area (Å²) in [5.74, 6) is -0.594. The fourth-order valence-electron chi connectivity index (χ4n) is 3.59. The molecule has 0 unspecified atom stereocenters. The van der Waals surface area contributed by atoms with Gasteiger partial charge in [0.1, 0.15) is 18.1 Å². The first-order valence-corrected chi connectivity index (χ1v) is 9.73.